The molecule has 0 bridgehead atoms. The average Bonchev–Trinajstić information content (AvgIpc) is 3.29. The van der Waals surface area contributed by atoms with Crippen molar-refractivity contribution in [1.29, 1.82) is 0 Å². The molecule has 1 aromatic heterocycles. The molecule has 0 aliphatic carbocycles. The lowest BCUT2D eigenvalue weighted by Crippen LogP contribution is -2.47. The van der Waals surface area contributed by atoms with Gasteiger partial charge >= 0.3 is 0 Å². The Morgan fingerprint density at radius 2 is 2.03 bits per heavy atom. The molecule has 2 heterocycles. The molecule has 160 valence electrons. The number of ether oxygens (including phenoxy) is 2. The molecule has 4 N–H and O–H groups in total. The van der Waals surface area contributed by atoms with Crippen LogP contribution in [0.25, 0.3) is 0 Å². The highest BCUT2D eigenvalue weighted by Crippen LogP contribution is 2.25. The van der Waals surface area contributed by atoms with Crippen molar-refractivity contribution in [2.75, 3.05) is 26.8 Å². The lowest BCUT2D eigenvalue weighted by Gasteiger charge is -2.19. The van der Waals surface area contributed by atoms with Crippen molar-refractivity contribution in [2.24, 2.45) is 0 Å². The van der Waals surface area contributed by atoms with Crippen molar-refractivity contribution in [2.45, 2.75) is 25.3 Å². The predicted octanol–water partition coefficient (Wildman–Crippen LogP) is 1.23. The second-order valence-electron chi connectivity index (χ2n) is 6.86. The molecule has 0 saturated heterocycles. The zero-order valence-corrected chi connectivity index (χ0v) is 16.8. The summed E-state index contributed by atoms with van der Waals surface area (Å²) in [7, 11) is 1.53. The summed E-state index contributed by atoms with van der Waals surface area (Å²) in [6.45, 7) is 0.839. The van der Waals surface area contributed by atoms with E-state index in [0.29, 0.717) is 48.6 Å². The Morgan fingerprint density at radius 3 is 2.80 bits per heavy atom. The number of benzene rings is 1. The quantitative estimate of drug-likeness (QED) is 0.602. The number of rotatable bonds is 3. The molecule has 3 amide bonds. The Hall–Kier alpha value is -3.49. The Morgan fingerprint density at radius 1 is 1.17 bits per heavy atom. The van der Waals surface area contributed by atoms with Crippen LogP contribution in [0.3, 0.4) is 0 Å². The van der Waals surface area contributed by atoms with Crippen molar-refractivity contribution in [3.63, 3.8) is 0 Å². The van der Waals surface area contributed by atoms with Crippen molar-refractivity contribution >= 4 is 17.7 Å². The number of hydrogen-bond acceptors (Lipinski definition) is 5. The van der Waals surface area contributed by atoms with Crippen LogP contribution < -0.4 is 25.4 Å². The molecule has 30 heavy (non-hydrogen) atoms. The number of fused-ring (bicyclic) bond motifs is 1. The van der Waals surface area contributed by atoms with E-state index in [0.717, 1.165) is 0 Å². The van der Waals surface area contributed by atoms with E-state index < -0.39 is 6.04 Å². The van der Waals surface area contributed by atoms with E-state index >= 15 is 0 Å². The molecule has 9 nitrogen and oxygen atoms in total. The molecule has 0 spiro atoms. The molecule has 0 radical (unpaired) electrons. The van der Waals surface area contributed by atoms with Crippen molar-refractivity contribution in [3.8, 4) is 11.5 Å². The second kappa shape index (κ2) is 10.3. The summed E-state index contributed by atoms with van der Waals surface area (Å²) in [5.41, 5.74) is 0.804. The van der Waals surface area contributed by atoms with Crippen LogP contribution in [0, 0.1) is 0 Å². The smallest absolute Gasteiger partial charge is 0.268 e. The van der Waals surface area contributed by atoms with Gasteiger partial charge in [0.2, 0.25) is 5.91 Å². The van der Waals surface area contributed by atoms with E-state index in [1.807, 2.05) is 0 Å². The number of carbonyl (C=O) groups excluding carboxylic acids is 3. The first-order chi connectivity index (χ1) is 14.6. The Balaban J connectivity index is 1.68. The van der Waals surface area contributed by atoms with Crippen LogP contribution in [0.5, 0.6) is 11.5 Å². The first-order valence-electron chi connectivity index (χ1n) is 9.89. The first-order valence-corrected chi connectivity index (χ1v) is 9.89. The number of aromatic nitrogens is 1. The van der Waals surface area contributed by atoms with Gasteiger partial charge in [-0.3, -0.25) is 14.4 Å². The average molecular weight is 414 g/mol. The summed E-state index contributed by atoms with van der Waals surface area (Å²) in [6, 6.07) is 7.68. The topological polar surface area (TPSA) is 122 Å². The summed E-state index contributed by atoms with van der Waals surface area (Å²) in [5, 5.41) is 8.42. The highest BCUT2D eigenvalue weighted by molar-refractivity contribution is 5.97. The van der Waals surface area contributed by atoms with E-state index in [1.165, 1.54) is 7.11 Å². The van der Waals surface area contributed by atoms with Crippen LogP contribution in [0.4, 0.5) is 0 Å². The monoisotopic (exact) mass is 414 g/mol. The van der Waals surface area contributed by atoms with Gasteiger partial charge in [-0.2, -0.15) is 0 Å². The summed E-state index contributed by atoms with van der Waals surface area (Å²) in [5.74, 6) is 0.108. The van der Waals surface area contributed by atoms with Crippen LogP contribution in [0.1, 0.15) is 40.1 Å². The molecule has 0 unspecified atom stereocenters. The van der Waals surface area contributed by atoms with Gasteiger partial charge in [-0.15, -0.1) is 0 Å². The largest absolute Gasteiger partial charge is 0.497 e. The number of H-pyrrole nitrogens is 1. The van der Waals surface area contributed by atoms with Crippen LogP contribution in [-0.4, -0.2) is 55.6 Å². The molecule has 2 aromatic rings. The lowest BCUT2D eigenvalue weighted by atomic mass is 10.1. The van der Waals surface area contributed by atoms with Gasteiger partial charge in [0.05, 0.1) is 19.2 Å². The highest BCUT2D eigenvalue weighted by atomic mass is 16.5. The number of hydrogen-bond donors (Lipinski definition) is 4. The Labute approximate surface area is 174 Å². The van der Waals surface area contributed by atoms with E-state index in [4.69, 9.17) is 9.47 Å². The van der Waals surface area contributed by atoms with E-state index in [1.54, 1.807) is 36.5 Å². The van der Waals surface area contributed by atoms with E-state index in [2.05, 4.69) is 20.9 Å². The molecular weight excluding hydrogens is 388 g/mol. The fourth-order valence-corrected chi connectivity index (χ4v) is 3.14. The minimum atomic E-state index is -0.674. The SMILES string of the molecule is COc1ccc2c(c1)OCCNC(=O)[C@@H](NC(=O)c1ccc[nH]1)CCCCNC2=O. The van der Waals surface area contributed by atoms with Gasteiger partial charge in [-0.05, 0) is 43.5 Å². The van der Waals surface area contributed by atoms with Gasteiger partial charge in [0.25, 0.3) is 11.8 Å². The van der Waals surface area contributed by atoms with Crippen LogP contribution in [-0.2, 0) is 4.79 Å². The zero-order valence-electron chi connectivity index (χ0n) is 16.8. The first kappa shape index (κ1) is 21.2. The Bertz CT molecular complexity index is 882. The van der Waals surface area contributed by atoms with Gasteiger partial charge in [0.15, 0.2) is 0 Å². The summed E-state index contributed by atoms with van der Waals surface area (Å²) in [6.07, 6.45) is 3.44. The molecule has 1 aliphatic heterocycles. The fourth-order valence-electron chi connectivity index (χ4n) is 3.14. The number of amides is 3. The highest BCUT2D eigenvalue weighted by Gasteiger charge is 2.22. The molecular formula is C21H26N4O5. The number of aromatic amines is 1. The lowest BCUT2D eigenvalue weighted by molar-refractivity contribution is -0.123. The van der Waals surface area contributed by atoms with Gasteiger partial charge in [0, 0.05) is 18.8 Å². The second-order valence-corrected chi connectivity index (χ2v) is 6.86. The summed E-state index contributed by atoms with van der Waals surface area (Å²) < 4.78 is 10.9. The van der Waals surface area contributed by atoms with Gasteiger partial charge in [-0.25, -0.2) is 0 Å². The maximum absolute atomic E-state index is 12.6. The standard InChI is InChI=1S/C21H26N4O5/c1-29-14-7-8-15-18(13-14)30-12-11-24-20(27)17(5-2-3-9-23-19(15)26)25-21(28)16-6-4-10-22-16/h4,6-8,10,13,17,22H,2-3,5,9,11-12H2,1H3,(H,23,26)(H,24,27)(H,25,28)/t17-/m0/s1. The van der Waals surface area contributed by atoms with Gasteiger partial charge < -0.3 is 30.4 Å². The molecule has 9 heteroatoms. The van der Waals surface area contributed by atoms with Gasteiger partial charge in [0.1, 0.15) is 29.8 Å². The molecule has 1 aliphatic rings. The summed E-state index contributed by atoms with van der Waals surface area (Å²) in [4.78, 5) is 40.3. The van der Waals surface area contributed by atoms with Crippen molar-refractivity contribution < 1.29 is 23.9 Å². The Kier molecular flexibility index (Phi) is 7.31. The predicted molar refractivity (Wildman–Crippen MR) is 110 cm³/mol. The minimum absolute atomic E-state index is 0.163. The molecule has 0 fully saturated rings. The number of methoxy groups -OCH3 is 1. The van der Waals surface area contributed by atoms with Gasteiger partial charge in [-0.1, -0.05) is 0 Å². The van der Waals surface area contributed by atoms with Crippen LogP contribution >= 0.6 is 0 Å². The zero-order chi connectivity index (χ0) is 21.3. The van der Waals surface area contributed by atoms with Crippen LogP contribution in [0.2, 0.25) is 0 Å². The van der Waals surface area contributed by atoms with E-state index in [-0.39, 0.29) is 30.9 Å². The molecule has 1 atom stereocenters. The third-order valence-electron chi connectivity index (χ3n) is 4.76. The maximum Gasteiger partial charge on any atom is 0.268 e. The fraction of sp³-hybridized carbons (Fsp3) is 0.381. The molecule has 0 saturated carbocycles. The van der Waals surface area contributed by atoms with Crippen molar-refractivity contribution in [3.05, 3.63) is 47.8 Å². The third kappa shape index (κ3) is 5.53. The van der Waals surface area contributed by atoms with Crippen LogP contribution in [0.15, 0.2) is 36.5 Å². The number of nitrogens with one attached hydrogen (secondary N) is 4. The van der Waals surface area contributed by atoms with E-state index in [9.17, 15) is 14.4 Å². The molecule has 1 aromatic carbocycles. The normalized spacial score (nSPS) is 18.1. The number of carbonyl (C=O) groups is 3. The maximum atomic E-state index is 12.6. The summed E-state index contributed by atoms with van der Waals surface area (Å²) >= 11 is 0. The molecule has 3 rings (SSSR count). The van der Waals surface area contributed by atoms with Crippen molar-refractivity contribution in [1.82, 2.24) is 20.9 Å². The minimum Gasteiger partial charge on any atom is -0.497 e. The third-order valence-corrected chi connectivity index (χ3v) is 4.76.